The van der Waals surface area contributed by atoms with Gasteiger partial charge in [-0.05, 0) is 12.1 Å². The lowest BCUT2D eigenvalue weighted by Crippen LogP contribution is -1.97. The minimum Gasteiger partial charge on any atom is -0.297 e. The summed E-state index contributed by atoms with van der Waals surface area (Å²) in [4.78, 5) is 8.89. The molecule has 15 heavy (non-hydrogen) atoms. The predicted molar refractivity (Wildman–Crippen MR) is 61.5 cm³/mol. The molecule has 0 saturated carbocycles. The molecule has 0 fully saturated rings. The minimum absolute atomic E-state index is 0.345. The number of aromatic nitrogens is 1. The van der Waals surface area contributed by atoms with Gasteiger partial charge in [0.25, 0.3) is 0 Å². The molecule has 1 aromatic heterocycles. The van der Waals surface area contributed by atoms with E-state index < -0.39 is 0 Å². The summed E-state index contributed by atoms with van der Waals surface area (Å²) in [6, 6.07) is 7.56. The lowest BCUT2D eigenvalue weighted by atomic mass is 10.2. The van der Waals surface area contributed by atoms with E-state index in [9.17, 15) is 0 Å². The molecule has 0 aliphatic heterocycles. The molecule has 0 bridgehead atoms. The van der Waals surface area contributed by atoms with Crippen molar-refractivity contribution in [2.75, 3.05) is 0 Å². The first-order valence-electron chi connectivity index (χ1n) is 4.31. The summed E-state index contributed by atoms with van der Waals surface area (Å²) in [6.07, 6.45) is 0. The molecule has 0 radical (unpaired) electrons. The fraction of sp³-hybridized carbons (Fsp3) is 0.100. The zero-order chi connectivity index (χ0) is 10.7. The van der Waals surface area contributed by atoms with E-state index in [2.05, 4.69) is 9.82 Å². The van der Waals surface area contributed by atoms with E-state index in [0.29, 0.717) is 6.61 Å². The Labute approximate surface area is 96.4 Å². The van der Waals surface area contributed by atoms with Gasteiger partial charge in [0.05, 0.1) is 5.69 Å². The van der Waals surface area contributed by atoms with E-state index >= 15 is 0 Å². The van der Waals surface area contributed by atoms with E-state index in [0.717, 1.165) is 21.3 Å². The summed E-state index contributed by atoms with van der Waals surface area (Å²) in [6.45, 7) is 0.345. The summed E-state index contributed by atoms with van der Waals surface area (Å²) in [5.41, 5.74) is 1.96. The fourth-order valence-corrected chi connectivity index (χ4v) is 2.05. The van der Waals surface area contributed by atoms with Gasteiger partial charge in [-0.1, -0.05) is 23.7 Å². The summed E-state index contributed by atoms with van der Waals surface area (Å²) in [5.74, 6) is 4.98. The molecular weight excluding hydrogens is 232 g/mol. The van der Waals surface area contributed by atoms with Gasteiger partial charge in [-0.15, -0.1) is 11.3 Å². The topological polar surface area (TPSA) is 48.1 Å². The highest BCUT2D eigenvalue weighted by atomic mass is 35.5. The average Bonchev–Trinajstić information content (AvgIpc) is 2.68. The number of hydrogen-bond acceptors (Lipinski definition) is 4. The Balaban J connectivity index is 2.25. The van der Waals surface area contributed by atoms with Crippen LogP contribution in [-0.2, 0) is 11.4 Å². The highest BCUT2D eigenvalue weighted by Gasteiger charge is 2.03. The van der Waals surface area contributed by atoms with Crippen molar-refractivity contribution in [2.24, 2.45) is 5.90 Å². The summed E-state index contributed by atoms with van der Waals surface area (Å²) >= 11 is 7.32. The van der Waals surface area contributed by atoms with E-state index in [1.165, 1.54) is 11.3 Å². The van der Waals surface area contributed by atoms with Crippen LogP contribution in [0.5, 0.6) is 0 Å². The Hall–Kier alpha value is -0.940. The van der Waals surface area contributed by atoms with Crippen LogP contribution in [0.25, 0.3) is 11.3 Å². The summed E-state index contributed by atoms with van der Waals surface area (Å²) in [7, 11) is 0. The molecule has 0 unspecified atom stereocenters. The number of hydrogen-bond donors (Lipinski definition) is 1. The molecule has 0 spiro atoms. The van der Waals surface area contributed by atoms with Crippen LogP contribution in [0.4, 0.5) is 0 Å². The van der Waals surface area contributed by atoms with Gasteiger partial charge in [-0.2, -0.15) is 0 Å². The first-order valence-corrected chi connectivity index (χ1v) is 5.57. The maximum absolute atomic E-state index is 5.80. The van der Waals surface area contributed by atoms with Gasteiger partial charge in [0.1, 0.15) is 11.6 Å². The molecule has 3 nitrogen and oxygen atoms in total. The highest BCUT2D eigenvalue weighted by molar-refractivity contribution is 7.09. The zero-order valence-corrected chi connectivity index (χ0v) is 9.39. The van der Waals surface area contributed by atoms with Gasteiger partial charge in [-0.25, -0.2) is 10.9 Å². The number of thiazole rings is 1. The molecule has 2 aromatic rings. The van der Waals surface area contributed by atoms with E-state index in [-0.39, 0.29) is 0 Å². The molecule has 0 amide bonds. The van der Waals surface area contributed by atoms with Crippen LogP contribution in [0, 0.1) is 0 Å². The maximum atomic E-state index is 5.80. The Morgan fingerprint density at radius 1 is 1.33 bits per heavy atom. The van der Waals surface area contributed by atoms with Gasteiger partial charge < -0.3 is 0 Å². The number of nitrogens with zero attached hydrogens (tertiary/aromatic N) is 1. The first kappa shape index (κ1) is 10.6. The van der Waals surface area contributed by atoms with Crippen molar-refractivity contribution in [1.29, 1.82) is 0 Å². The van der Waals surface area contributed by atoms with Crippen LogP contribution >= 0.6 is 22.9 Å². The number of rotatable bonds is 3. The Kier molecular flexibility index (Phi) is 3.33. The molecule has 2 rings (SSSR count). The van der Waals surface area contributed by atoms with Gasteiger partial charge in [0.15, 0.2) is 0 Å². The van der Waals surface area contributed by atoms with Gasteiger partial charge in [0.2, 0.25) is 0 Å². The standard InChI is InChI=1S/C10H9ClN2OS/c11-8-3-1-7(2-4-8)9-6-15-10(13-9)5-14-12/h1-4,6H,5,12H2. The number of halogens is 1. The molecule has 0 aliphatic rings. The Morgan fingerprint density at radius 3 is 2.73 bits per heavy atom. The highest BCUT2D eigenvalue weighted by Crippen LogP contribution is 2.23. The molecule has 0 saturated heterocycles. The second-order valence-electron chi connectivity index (χ2n) is 2.94. The molecule has 1 heterocycles. The zero-order valence-electron chi connectivity index (χ0n) is 7.81. The lowest BCUT2D eigenvalue weighted by molar-refractivity contribution is 0.124. The second-order valence-corrected chi connectivity index (χ2v) is 4.32. The molecule has 1 aromatic carbocycles. The second kappa shape index (κ2) is 4.72. The van der Waals surface area contributed by atoms with Crippen molar-refractivity contribution in [2.45, 2.75) is 6.61 Å². The molecule has 0 aliphatic carbocycles. The number of nitrogens with two attached hydrogens (primary N) is 1. The summed E-state index contributed by atoms with van der Waals surface area (Å²) < 4.78 is 0. The third-order valence-corrected chi connectivity index (χ3v) is 2.97. The molecule has 0 atom stereocenters. The van der Waals surface area contributed by atoms with Crippen molar-refractivity contribution < 1.29 is 4.84 Å². The SMILES string of the molecule is NOCc1nc(-c2ccc(Cl)cc2)cs1. The maximum Gasteiger partial charge on any atom is 0.121 e. The molecule has 78 valence electrons. The van der Waals surface area contributed by atoms with Gasteiger partial charge in [0, 0.05) is 16.0 Å². The van der Waals surface area contributed by atoms with Crippen LogP contribution < -0.4 is 5.90 Å². The van der Waals surface area contributed by atoms with Crippen LogP contribution in [0.1, 0.15) is 5.01 Å². The predicted octanol–water partition coefficient (Wildman–Crippen LogP) is 2.85. The van der Waals surface area contributed by atoms with Crippen LogP contribution in [0.15, 0.2) is 29.6 Å². The Morgan fingerprint density at radius 2 is 2.07 bits per heavy atom. The van der Waals surface area contributed by atoms with Crippen molar-refractivity contribution >= 4 is 22.9 Å². The normalized spacial score (nSPS) is 10.5. The van der Waals surface area contributed by atoms with Crippen molar-refractivity contribution in [1.82, 2.24) is 4.98 Å². The minimum atomic E-state index is 0.345. The third-order valence-electron chi connectivity index (χ3n) is 1.90. The Bertz CT molecular complexity index is 441. The van der Waals surface area contributed by atoms with Gasteiger partial charge >= 0.3 is 0 Å². The fourth-order valence-electron chi connectivity index (χ4n) is 1.20. The van der Waals surface area contributed by atoms with Crippen LogP contribution in [-0.4, -0.2) is 4.98 Å². The van der Waals surface area contributed by atoms with Crippen LogP contribution in [0.2, 0.25) is 5.02 Å². The van der Waals surface area contributed by atoms with Crippen molar-refractivity contribution in [3.63, 3.8) is 0 Å². The first-order chi connectivity index (χ1) is 7.29. The van der Waals surface area contributed by atoms with E-state index in [1.54, 1.807) is 0 Å². The third kappa shape index (κ3) is 2.54. The quantitative estimate of drug-likeness (QED) is 0.840. The average molecular weight is 241 g/mol. The molecular formula is C10H9ClN2OS. The number of benzene rings is 1. The largest absolute Gasteiger partial charge is 0.297 e. The summed E-state index contributed by atoms with van der Waals surface area (Å²) in [5, 5.41) is 3.55. The smallest absolute Gasteiger partial charge is 0.121 e. The van der Waals surface area contributed by atoms with Crippen molar-refractivity contribution in [3.8, 4) is 11.3 Å². The molecule has 2 N–H and O–H groups in total. The monoisotopic (exact) mass is 240 g/mol. The van der Waals surface area contributed by atoms with E-state index in [4.69, 9.17) is 17.5 Å². The van der Waals surface area contributed by atoms with E-state index in [1.807, 2.05) is 29.6 Å². The van der Waals surface area contributed by atoms with Crippen molar-refractivity contribution in [3.05, 3.63) is 39.7 Å². The molecule has 5 heteroatoms. The van der Waals surface area contributed by atoms with Crippen LogP contribution in [0.3, 0.4) is 0 Å². The van der Waals surface area contributed by atoms with Gasteiger partial charge in [-0.3, -0.25) is 4.84 Å². The lowest BCUT2D eigenvalue weighted by Gasteiger charge is -1.96.